The van der Waals surface area contributed by atoms with Crippen molar-refractivity contribution in [3.8, 4) is 0 Å². The molecule has 1 aromatic carbocycles. The zero-order valence-electron chi connectivity index (χ0n) is 12.5. The minimum Gasteiger partial charge on any atom is -0.316 e. The van der Waals surface area contributed by atoms with Crippen LogP contribution in [0.2, 0.25) is 0 Å². The van der Waals surface area contributed by atoms with Crippen LogP contribution in [0.3, 0.4) is 0 Å². The Morgan fingerprint density at radius 3 is 2.55 bits per heavy atom. The predicted octanol–water partition coefficient (Wildman–Crippen LogP) is 2.80. The molecule has 2 N–H and O–H groups in total. The molecule has 114 valence electrons. The van der Waals surface area contributed by atoms with E-state index in [1.807, 2.05) is 33.9 Å². The highest BCUT2D eigenvalue weighted by Crippen LogP contribution is 2.26. The van der Waals surface area contributed by atoms with Crippen molar-refractivity contribution >= 4 is 26.0 Å². The van der Waals surface area contributed by atoms with Gasteiger partial charge in [0.05, 0.1) is 4.90 Å². The Bertz CT molecular complexity index is 559. The van der Waals surface area contributed by atoms with Gasteiger partial charge in [0.25, 0.3) is 0 Å². The van der Waals surface area contributed by atoms with Crippen molar-refractivity contribution in [1.82, 2.24) is 10.0 Å². The molecule has 0 aliphatic carbocycles. The molecule has 6 heteroatoms. The van der Waals surface area contributed by atoms with Crippen LogP contribution in [0.5, 0.6) is 0 Å². The fourth-order valence-electron chi connectivity index (χ4n) is 1.77. The minimum absolute atomic E-state index is 0.328. The van der Waals surface area contributed by atoms with Crippen LogP contribution in [-0.4, -0.2) is 22.0 Å². The lowest BCUT2D eigenvalue weighted by molar-refractivity contribution is 0.528. The van der Waals surface area contributed by atoms with Gasteiger partial charge in [0, 0.05) is 17.6 Å². The van der Waals surface area contributed by atoms with Gasteiger partial charge in [0.15, 0.2) is 0 Å². The Morgan fingerprint density at radius 2 is 2.00 bits per heavy atom. The lowest BCUT2D eigenvalue weighted by Crippen LogP contribution is -2.29. The van der Waals surface area contributed by atoms with Gasteiger partial charge in [0.2, 0.25) is 10.0 Å². The summed E-state index contributed by atoms with van der Waals surface area (Å²) in [6, 6.07) is 3.68. The van der Waals surface area contributed by atoms with Crippen molar-refractivity contribution in [2.24, 2.45) is 5.92 Å². The summed E-state index contributed by atoms with van der Waals surface area (Å²) >= 11 is 3.43. The molecular weight excluding hydrogens is 340 g/mol. The topological polar surface area (TPSA) is 58.2 Å². The molecule has 0 aromatic heterocycles. The zero-order chi connectivity index (χ0) is 15.3. The van der Waals surface area contributed by atoms with Crippen LogP contribution in [0, 0.1) is 12.8 Å². The molecule has 0 fully saturated rings. The SMILES string of the molecule is CCC(C)CNS(=O)(=O)c1cc(CNC)cc(Br)c1C. The molecule has 0 heterocycles. The number of rotatable bonds is 7. The molecule has 1 unspecified atom stereocenters. The smallest absolute Gasteiger partial charge is 0.240 e. The second-order valence-electron chi connectivity index (χ2n) is 5.10. The quantitative estimate of drug-likeness (QED) is 0.783. The largest absolute Gasteiger partial charge is 0.316 e. The first-order valence-corrected chi connectivity index (χ1v) is 9.02. The zero-order valence-corrected chi connectivity index (χ0v) is 14.9. The summed E-state index contributed by atoms with van der Waals surface area (Å²) < 4.78 is 28.4. The van der Waals surface area contributed by atoms with Gasteiger partial charge in [-0.2, -0.15) is 0 Å². The van der Waals surface area contributed by atoms with Gasteiger partial charge in [-0.1, -0.05) is 36.2 Å². The average molecular weight is 363 g/mol. The third-order valence-electron chi connectivity index (χ3n) is 3.35. The Balaban J connectivity index is 3.10. The van der Waals surface area contributed by atoms with Crippen molar-refractivity contribution < 1.29 is 8.42 Å². The summed E-state index contributed by atoms with van der Waals surface area (Å²) in [6.45, 7) is 6.99. The molecule has 4 nitrogen and oxygen atoms in total. The normalized spacial score (nSPS) is 13.4. The summed E-state index contributed by atoms with van der Waals surface area (Å²) in [5.41, 5.74) is 1.68. The molecule has 0 bridgehead atoms. The first kappa shape index (κ1) is 17.6. The van der Waals surface area contributed by atoms with Crippen molar-refractivity contribution in [2.45, 2.75) is 38.6 Å². The highest BCUT2D eigenvalue weighted by Gasteiger charge is 2.19. The van der Waals surface area contributed by atoms with E-state index in [1.54, 1.807) is 6.07 Å². The van der Waals surface area contributed by atoms with E-state index in [0.717, 1.165) is 22.0 Å². The fourth-order valence-corrected chi connectivity index (χ4v) is 3.88. The molecule has 0 spiro atoms. The fraction of sp³-hybridized carbons (Fsp3) is 0.571. The highest BCUT2D eigenvalue weighted by atomic mass is 79.9. The van der Waals surface area contributed by atoms with Crippen LogP contribution < -0.4 is 10.0 Å². The second-order valence-corrected chi connectivity index (χ2v) is 7.69. The number of hydrogen-bond acceptors (Lipinski definition) is 3. The minimum atomic E-state index is -3.47. The second kappa shape index (κ2) is 7.54. The van der Waals surface area contributed by atoms with Crippen molar-refractivity contribution in [3.63, 3.8) is 0 Å². The lowest BCUT2D eigenvalue weighted by Gasteiger charge is -2.15. The van der Waals surface area contributed by atoms with E-state index in [2.05, 4.69) is 26.0 Å². The highest BCUT2D eigenvalue weighted by molar-refractivity contribution is 9.10. The van der Waals surface area contributed by atoms with E-state index in [-0.39, 0.29) is 0 Å². The number of hydrogen-bond donors (Lipinski definition) is 2. The first-order chi connectivity index (χ1) is 9.31. The molecule has 1 rings (SSSR count). The van der Waals surface area contributed by atoms with Crippen molar-refractivity contribution in [3.05, 3.63) is 27.7 Å². The molecule has 1 atom stereocenters. The van der Waals surface area contributed by atoms with Gasteiger partial charge in [0.1, 0.15) is 0 Å². The molecule has 0 radical (unpaired) electrons. The number of benzene rings is 1. The Morgan fingerprint density at radius 1 is 1.35 bits per heavy atom. The number of nitrogens with one attached hydrogen (secondary N) is 2. The summed E-state index contributed by atoms with van der Waals surface area (Å²) in [4.78, 5) is 0.348. The van der Waals surface area contributed by atoms with E-state index in [1.165, 1.54) is 0 Å². The van der Waals surface area contributed by atoms with Gasteiger partial charge in [-0.15, -0.1) is 0 Å². The molecule has 1 aromatic rings. The maximum atomic E-state index is 12.4. The summed E-state index contributed by atoms with van der Waals surface area (Å²) in [6.07, 6.45) is 0.949. The van der Waals surface area contributed by atoms with Gasteiger partial charge in [-0.05, 0) is 43.1 Å². The van der Waals surface area contributed by atoms with E-state index < -0.39 is 10.0 Å². The van der Waals surface area contributed by atoms with Crippen LogP contribution in [0.25, 0.3) is 0 Å². The third-order valence-corrected chi connectivity index (χ3v) is 5.72. The van der Waals surface area contributed by atoms with E-state index in [0.29, 0.717) is 23.9 Å². The maximum absolute atomic E-state index is 12.4. The summed E-state index contributed by atoms with van der Waals surface area (Å²) in [7, 11) is -1.63. The van der Waals surface area contributed by atoms with Crippen LogP contribution >= 0.6 is 15.9 Å². The number of sulfonamides is 1. The third kappa shape index (κ3) is 4.55. The maximum Gasteiger partial charge on any atom is 0.240 e. The van der Waals surface area contributed by atoms with Crippen LogP contribution in [-0.2, 0) is 16.6 Å². The number of halogens is 1. The standard InChI is InChI=1S/C14H23BrN2O2S/c1-5-10(2)8-17-20(18,19)14-7-12(9-16-4)6-13(15)11(14)3/h6-7,10,16-17H,5,8-9H2,1-4H3. The van der Waals surface area contributed by atoms with Crippen LogP contribution in [0.15, 0.2) is 21.5 Å². The predicted molar refractivity (Wildman–Crippen MR) is 86.3 cm³/mol. The Labute approximate surface area is 130 Å². The van der Waals surface area contributed by atoms with Gasteiger partial charge in [-0.3, -0.25) is 0 Å². The van der Waals surface area contributed by atoms with Crippen LogP contribution in [0.4, 0.5) is 0 Å². The molecule has 0 saturated heterocycles. The van der Waals surface area contributed by atoms with Gasteiger partial charge < -0.3 is 5.32 Å². The monoisotopic (exact) mass is 362 g/mol. The first-order valence-electron chi connectivity index (χ1n) is 6.75. The van der Waals surface area contributed by atoms with Crippen molar-refractivity contribution in [1.29, 1.82) is 0 Å². The Kier molecular flexibility index (Phi) is 6.64. The van der Waals surface area contributed by atoms with E-state index >= 15 is 0 Å². The molecule has 0 aliphatic heterocycles. The molecule has 0 saturated carbocycles. The van der Waals surface area contributed by atoms with Gasteiger partial charge in [-0.25, -0.2) is 13.1 Å². The van der Waals surface area contributed by atoms with Gasteiger partial charge >= 0.3 is 0 Å². The Hall–Kier alpha value is -0.430. The molecule has 0 amide bonds. The summed E-state index contributed by atoms with van der Waals surface area (Å²) in [5, 5.41) is 3.03. The molecular formula is C14H23BrN2O2S. The van der Waals surface area contributed by atoms with Crippen molar-refractivity contribution in [2.75, 3.05) is 13.6 Å². The lowest BCUT2D eigenvalue weighted by atomic mass is 10.1. The summed E-state index contributed by atoms with van der Waals surface area (Å²) in [5.74, 6) is 0.328. The average Bonchev–Trinajstić information content (AvgIpc) is 2.40. The van der Waals surface area contributed by atoms with E-state index in [4.69, 9.17) is 0 Å². The van der Waals surface area contributed by atoms with Crippen LogP contribution in [0.1, 0.15) is 31.4 Å². The molecule has 0 aliphatic rings. The van der Waals surface area contributed by atoms with E-state index in [9.17, 15) is 8.42 Å². The molecule has 20 heavy (non-hydrogen) atoms.